The van der Waals surface area contributed by atoms with Crippen molar-refractivity contribution in [2.45, 2.75) is 25.1 Å². The van der Waals surface area contributed by atoms with Crippen LogP contribution in [0.25, 0.3) is 11.1 Å². The van der Waals surface area contributed by atoms with Crippen LogP contribution in [0.5, 0.6) is 5.75 Å². The van der Waals surface area contributed by atoms with Gasteiger partial charge in [0.1, 0.15) is 24.5 Å². The van der Waals surface area contributed by atoms with Crippen LogP contribution in [-0.2, 0) is 6.18 Å². The van der Waals surface area contributed by atoms with Crippen molar-refractivity contribution >= 4 is 29.3 Å². The summed E-state index contributed by atoms with van der Waals surface area (Å²) in [4.78, 5) is 33.1. The van der Waals surface area contributed by atoms with E-state index in [0.717, 1.165) is 17.9 Å². The number of anilines is 3. The van der Waals surface area contributed by atoms with E-state index in [2.05, 4.69) is 15.3 Å². The highest BCUT2D eigenvalue weighted by atomic mass is 19.4. The Morgan fingerprint density at radius 1 is 1.00 bits per heavy atom. The van der Waals surface area contributed by atoms with Gasteiger partial charge in [0.15, 0.2) is 0 Å². The second kappa shape index (κ2) is 11.6. The highest BCUT2D eigenvalue weighted by Gasteiger charge is 2.36. The number of alkyl halides is 3. The molecule has 41 heavy (non-hydrogen) atoms. The van der Waals surface area contributed by atoms with Gasteiger partial charge in [0, 0.05) is 42.7 Å². The lowest BCUT2D eigenvalue weighted by Gasteiger charge is -2.33. The quantitative estimate of drug-likeness (QED) is 0.144. The first-order valence-electron chi connectivity index (χ1n) is 12.7. The summed E-state index contributed by atoms with van der Waals surface area (Å²) in [5.41, 5.74) is 1.21. The minimum absolute atomic E-state index is 0.0338. The Hall–Kier alpha value is -5.00. The van der Waals surface area contributed by atoms with E-state index in [9.17, 15) is 28.1 Å². The first kappa shape index (κ1) is 27.6. The lowest BCUT2D eigenvalue weighted by molar-refractivity contribution is -0.383. The van der Waals surface area contributed by atoms with Gasteiger partial charge >= 0.3 is 11.9 Å². The van der Waals surface area contributed by atoms with Crippen molar-refractivity contribution in [1.29, 1.82) is 0 Å². The van der Waals surface area contributed by atoms with Gasteiger partial charge in [0.25, 0.3) is 0 Å². The highest BCUT2D eigenvalue weighted by molar-refractivity contribution is 5.88. The second-order valence-electron chi connectivity index (χ2n) is 9.36. The second-order valence-corrected chi connectivity index (χ2v) is 9.36. The first-order valence-corrected chi connectivity index (χ1v) is 12.7. The van der Waals surface area contributed by atoms with E-state index in [1.807, 2.05) is 30.3 Å². The predicted molar refractivity (Wildman–Crippen MR) is 147 cm³/mol. The van der Waals surface area contributed by atoms with E-state index in [4.69, 9.17) is 4.74 Å². The van der Waals surface area contributed by atoms with Crippen LogP contribution in [0.2, 0.25) is 0 Å². The fourth-order valence-electron chi connectivity index (χ4n) is 4.76. The van der Waals surface area contributed by atoms with Crippen molar-refractivity contribution in [2.24, 2.45) is 0 Å². The third-order valence-corrected chi connectivity index (χ3v) is 6.73. The van der Waals surface area contributed by atoms with Gasteiger partial charge in [-0.25, -0.2) is 9.97 Å². The van der Waals surface area contributed by atoms with Gasteiger partial charge in [-0.3, -0.25) is 14.9 Å². The topological polar surface area (TPSA) is 110 Å². The smallest absolute Gasteiger partial charge is 0.419 e. The number of piperidine rings is 1. The van der Waals surface area contributed by atoms with E-state index in [-0.39, 0.29) is 36.2 Å². The summed E-state index contributed by atoms with van der Waals surface area (Å²) in [7, 11) is 0. The molecule has 0 amide bonds. The fraction of sp³-hybridized carbons (Fsp3) is 0.207. The summed E-state index contributed by atoms with van der Waals surface area (Å²) in [5.74, 6) is -0.186. The van der Waals surface area contributed by atoms with Crippen molar-refractivity contribution < 1.29 is 27.6 Å². The van der Waals surface area contributed by atoms with Crippen LogP contribution in [0, 0.1) is 10.1 Å². The Balaban J connectivity index is 1.38. The van der Waals surface area contributed by atoms with Gasteiger partial charge in [-0.15, -0.1) is 0 Å². The minimum atomic E-state index is -4.55. The zero-order chi connectivity index (χ0) is 29.0. The van der Waals surface area contributed by atoms with E-state index in [1.54, 1.807) is 23.1 Å². The third kappa shape index (κ3) is 6.11. The van der Waals surface area contributed by atoms with Gasteiger partial charge in [-0.1, -0.05) is 42.5 Å². The van der Waals surface area contributed by atoms with Gasteiger partial charge < -0.3 is 15.0 Å². The number of nitrogens with one attached hydrogen (secondary N) is 1. The standard InChI is InChI=1S/C29H24F3N5O4/c30-29(31,32)23-8-4-5-9-25(23)41-21-12-14-36(15-13-21)28-26(37(39)40)27(33-18-34-28)35-24-11-10-19(17-38)16-22(24)20-6-2-1-3-7-20/h1-11,16-18,21H,12-15H2,(H,33,34,35). The molecule has 0 spiro atoms. The van der Waals surface area contributed by atoms with Gasteiger partial charge in [0.2, 0.25) is 11.6 Å². The summed E-state index contributed by atoms with van der Waals surface area (Å²) >= 11 is 0. The maximum absolute atomic E-state index is 13.4. The Morgan fingerprint density at radius 3 is 2.39 bits per heavy atom. The van der Waals surface area contributed by atoms with Gasteiger partial charge in [0.05, 0.1) is 10.5 Å². The Morgan fingerprint density at radius 2 is 1.71 bits per heavy atom. The maximum atomic E-state index is 13.4. The number of para-hydroxylation sites is 1. The Bertz CT molecular complexity index is 1560. The number of nitrogens with zero attached hydrogens (tertiary/aromatic N) is 4. The van der Waals surface area contributed by atoms with E-state index < -0.39 is 22.8 Å². The van der Waals surface area contributed by atoms with Crippen molar-refractivity contribution in [2.75, 3.05) is 23.3 Å². The molecule has 3 aromatic carbocycles. The third-order valence-electron chi connectivity index (χ3n) is 6.73. The van der Waals surface area contributed by atoms with Crippen LogP contribution in [0.15, 0.2) is 79.1 Å². The molecule has 1 N–H and O–H groups in total. The lowest BCUT2D eigenvalue weighted by Crippen LogP contribution is -2.39. The molecular formula is C29H24F3N5O4. The number of carbonyl (C=O) groups is 1. The number of rotatable bonds is 8. The van der Waals surface area contributed by atoms with Crippen LogP contribution in [-0.4, -0.2) is 40.4 Å². The average molecular weight is 564 g/mol. The summed E-state index contributed by atoms with van der Waals surface area (Å²) in [6, 6.07) is 19.2. The molecule has 4 aromatic rings. The highest BCUT2D eigenvalue weighted by Crippen LogP contribution is 2.39. The monoisotopic (exact) mass is 563 g/mol. The SMILES string of the molecule is O=Cc1ccc(Nc2ncnc(N3CCC(Oc4ccccc4C(F)(F)F)CC3)c2[N+](=O)[O-])c(-c2ccccc2)c1. The zero-order valence-corrected chi connectivity index (χ0v) is 21.5. The largest absolute Gasteiger partial charge is 0.490 e. The molecule has 1 saturated heterocycles. The van der Waals surface area contributed by atoms with Gasteiger partial charge in [-0.2, -0.15) is 13.2 Å². The Kier molecular flexibility index (Phi) is 7.81. The molecule has 0 aliphatic carbocycles. The molecule has 1 aromatic heterocycles. The van der Waals surface area contributed by atoms with Crippen molar-refractivity contribution in [3.8, 4) is 16.9 Å². The normalized spacial score (nSPS) is 14.0. The van der Waals surface area contributed by atoms with Crippen molar-refractivity contribution in [3.63, 3.8) is 0 Å². The molecule has 0 radical (unpaired) electrons. The van der Waals surface area contributed by atoms with Crippen LogP contribution in [0.3, 0.4) is 0 Å². The molecule has 5 rings (SSSR count). The molecule has 0 unspecified atom stereocenters. The number of hydrogen-bond donors (Lipinski definition) is 1. The van der Waals surface area contributed by atoms with Crippen LogP contribution in [0.1, 0.15) is 28.8 Å². The van der Waals surface area contributed by atoms with Gasteiger partial charge in [-0.05, 0) is 35.9 Å². The van der Waals surface area contributed by atoms with Crippen molar-refractivity contribution in [1.82, 2.24) is 9.97 Å². The Labute approximate surface area is 232 Å². The number of halogens is 3. The molecule has 1 aliphatic rings. The zero-order valence-electron chi connectivity index (χ0n) is 21.5. The van der Waals surface area contributed by atoms with E-state index >= 15 is 0 Å². The van der Waals surface area contributed by atoms with Crippen LogP contribution in [0.4, 0.5) is 36.2 Å². The number of carbonyl (C=O) groups excluding carboxylic acids is 1. The average Bonchev–Trinajstić information content (AvgIpc) is 2.98. The molecule has 12 heteroatoms. The summed E-state index contributed by atoms with van der Waals surface area (Å²) in [6.45, 7) is 0.554. The summed E-state index contributed by atoms with van der Waals surface area (Å²) in [6.07, 6.45) is -2.44. The number of aromatic nitrogens is 2. The van der Waals surface area contributed by atoms with Crippen molar-refractivity contribution in [3.05, 3.63) is 100 Å². The molecule has 0 saturated carbocycles. The minimum Gasteiger partial charge on any atom is -0.490 e. The molecule has 0 atom stereocenters. The molecule has 210 valence electrons. The first-order chi connectivity index (χ1) is 19.7. The molecule has 2 heterocycles. The number of nitro groups is 1. The molecule has 1 aliphatic heterocycles. The lowest BCUT2D eigenvalue weighted by atomic mass is 10.0. The predicted octanol–water partition coefficient (Wildman–Crippen LogP) is 6.67. The van der Waals surface area contributed by atoms with Crippen LogP contribution < -0.4 is 15.0 Å². The molecular weight excluding hydrogens is 539 g/mol. The number of hydrogen-bond acceptors (Lipinski definition) is 8. The molecule has 1 fully saturated rings. The number of benzene rings is 3. The fourth-order valence-corrected chi connectivity index (χ4v) is 4.76. The van der Waals surface area contributed by atoms with E-state index in [0.29, 0.717) is 29.7 Å². The summed E-state index contributed by atoms with van der Waals surface area (Å²) < 4.78 is 45.8. The number of ether oxygens (including phenoxy) is 1. The molecule has 0 bridgehead atoms. The van der Waals surface area contributed by atoms with E-state index in [1.165, 1.54) is 24.5 Å². The maximum Gasteiger partial charge on any atom is 0.419 e. The van der Waals surface area contributed by atoms with Crippen LogP contribution >= 0.6 is 0 Å². The molecule has 9 nitrogen and oxygen atoms in total. The number of aldehydes is 1. The summed E-state index contributed by atoms with van der Waals surface area (Å²) in [5, 5.41) is 15.3.